The molecule has 0 atom stereocenters. The van der Waals surface area contributed by atoms with Gasteiger partial charge in [-0.15, -0.1) is 0 Å². The first-order valence-corrected chi connectivity index (χ1v) is 24.3. The summed E-state index contributed by atoms with van der Waals surface area (Å²) in [4.78, 5) is 25.6. The van der Waals surface area contributed by atoms with E-state index in [1.165, 1.54) is 21.6 Å². The molecule has 0 aliphatic carbocycles. The SMILES string of the molecule is C[Si]1(C)c2ccccc2-c2c(-c3ccccc3)nc(-c3cccc(-c4cccc(-c5cccc(-c6cccc(-c7nc(-c8ccccc8)nc(-c8ccccc8)n7)c6)c5)c4)c3)nc21. The quantitative estimate of drug-likeness (QED) is 0.143. The summed E-state index contributed by atoms with van der Waals surface area (Å²) in [6, 6.07) is 74.2. The van der Waals surface area contributed by atoms with Crippen molar-refractivity contribution in [1.82, 2.24) is 24.9 Å². The van der Waals surface area contributed by atoms with Crippen molar-refractivity contribution in [1.29, 1.82) is 0 Å². The summed E-state index contributed by atoms with van der Waals surface area (Å²) in [5, 5.41) is 2.62. The van der Waals surface area contributed by atoms with Gasteiger partial charge in [0, 0.05) is 38.7 Å². The van der Waals surface area contributed by atoms with Crippen LogP contribution in [0.25, 0.3) is 101 Å². The maximum Gasteiger partial charge on any atom is 0.164 e. The molecule has 10 aromatic rings. The second-order valence-corrected chi connectivity index (χ2v) is 20.8. The summed E-state index contributed by atoms with van der Waals surface area (Å²) in [7, 11) is -2.07. The molecule has 0 unspecified atom stereocenters. The molecule has 1 aliphatic heterocycles. The van der Waals surface area contributed by atoms with Crippen molar-refractivity contribution in [2.75, 3.05) is 0 Å². The maximum absolute atomic E-state index is 5.42. The zero-order valence-electron chi connectivity index (χ0n) is 34.9. The Hall–Kier alpha value is -7.93. The molecule has 0 radical (unpaired) electrons. The van der Waals surface area contributed by atoms with E-state index in [1.807, 2.05) is 60.7 Å². The third-order valence-corrected chi connectivity index (χ3v) is 15.4. The number of benzene rings is 8. The normalized spacial score (nSPS) is 12.4. The number of aromatic nitrogens is 5. The van der Waals surface area contributed by atoms with Gasteiger partial charge in [-0.05, 0) is 68.4 Å². The average Bonchev–Trinajstić information content (AvgIpc) is 3.60. The zero-order valence-corrected chi connectivity index (χ0v) is 35.9. The summed E-state index contributed by atoms with van der Waals surface area (Å²) in [6.45, 7) is 4.82. The molecule has 0 amide bonds. The molecule has 5 nitrogen and oxygen atoms in total. The molecule has 0 N–H and O–H groups in total. The van der Waals surface area contributed by atoms with Crippen LogP contribution in [0.4, 0.5) is 0 Å². The fourth-order valence-electron chi connectivity index (χ4n) is 8.85. The Bertz CT molecular complexity index is 3260. The van der Waals surface area contributed by atoms with Gasteiger partial charge in [0.1, 0.15) is 8.07 Å². The van der Waals surface area contributed by atoms with E-state index in [1.54, 1.807) is 0 Å². The van der Waals surface area contributed by atoms with Crippen LogP contribution in [0.3, 0.4) is 0 Å². The minimum atomic E-state index is -2.07. The lowest BCUT2D eigenvalue weighted by Gasteiger charge is -2.19. The highest BCUT2D eigenvalue weighted by Crippen LogP contribution is 2.38. The molecule has 0 spiro atoms. The van der Waals surface area contributed by atoms with E-state index < -0.39 is 8.07 Å². The van der Waals surface area contributed by atoms with Crippen LogP contribution in [-0.4, -0.2) is 33.0 Å². The second-order valence-electron chi connectivity index (χ2n) is 16.5. The van der Waals surface area contributed by atoms with Crippen LogP contribution in [0.2, 0.25) is 13.1 Å². The Labute approximate surface area is 368 Å². The fraction of sp³-hybridized carbons (Fsp3) is 0.0351. The summed E-state index contributed by atoms with van der Waals surface area (Å²) in [6.07, 6.45) is 0. The minimum Gasteiger partial charge on any atom is -0.237 e. The molecular formula is C57H41N5Si. The van der Waals surface area contributed by atoms with E-state index >= 15 is 0 Å². The molecule has 0 bridgehead atoms. The van der Waals surface area contributed by atoms with Crippen LogP contribution >= 0.6 is 0 Å². The monoisotopic (exact) mass is 823 g/mol. The topological polar surface area (TPSA) is 64.5 Å². The van der Waals surface area contributed by atoms with E-state index in [9.17, 15) is 0 Å². The molecule has 2 aromatic heterocycles. The third-order valence-electron chi connectivity index (χ3n) is 12.1. The largest absolute Gasteiger partial charge is 0.237 e. The van der Waals surface area contributed by atoms with Crippen LogP contribution in [-0.2, 0) is 0 Å². The third kappa shape index (κ3) is 7.16. The van der Waals surface area contributed by atoms with Crippen LogP contribution in [0.5, 0.6) is 0 Å². The van der Waals surface area contributed by atoms with E-state index in [-0.39, 0.29) is 0 Å². The Morgan fingerprint density at radius 1 is 0.286 bits per heavy atom. The first-order valence-electron chi connectivity index (χ1n) is 21.3. The van der Waals surface area contributed by atoms with Gasteiger partial charge in [-0.1, -0.05) is 201 Å². The van der Waals surface area contributed by atoms with Crippen molar-refractivity contribution in [3.63, 3.8) is 0 Å². The van der Waals surface area contributed by atoms with E-state index in [4.69, 9.17) is 24.9 Å². The molecule has 3 heterocycles. The Morgan fingerprint density at radius 3 is 1.08 bits per heavy atom. The van der Waals surface area contributed by atoms with Crippen molar-refractivity contribution < 1.29 is 0 Å². The van der Waals surface area contributed by atoms with Crippen molar-refractivity contribution in [2.45, 2.75) is 13.1 Å². The van der Waals surface area contributed by atoms with Gasteiger partial charge in [0.15, 0.2) is 23.3 Å². The van der Waals surface area contributed by atoms with Crippen molar-refractivity contribution in [3.8, 4) is 101 Å². The molecule has 63 heavy (non-hydrogen) atoms. The smallest absolute Gasteiger partial charge is 0.164 e. The lowest BCUT2D eigenvalue weighted by atomic mass is 9.95. The van der Waals surface area contributed by atoms with Gasteiger partial charge in [-0.25, -0.2) is 24.9 Å². The van der Waals surface area contributed by atoms with Crippen LogP contribution < -0.4 is 10.5 Å². The molecule has 8 aromatic carbocycles. The molecule has 1 aliphatic rings. The molecule has 11 rings (SSSR count). The highest BCUT2D eigenvalue weighted by Gasteiger charge is 2.41. The van der Waals surface area contributed by atoms with Crippen LogP contribution in [0.15, 0.2) is 212 Å². The highest BCUT2D eigenvalue weighted by molar-refractivity contribution is 7.03. The molecular weight excluding hydrogens is 783 g/mol. The van der Waals surface area contributed by atoms with Crippen LogP contribution in [0.1, 0.15) is 0 Å². The number of nitrogens with zero attached hydrogens (tertiary/aromatic N) is 5. The Kier molecular flexibility index (Phi) is 9.55. The summed E-state index contributed by atoms with van der Waals surface area (Å²) < 4.78 is 0. The first kappa shape index (κ1) is 38.0. The number of fused-ring (bicyclic) bond motifs is 3. The lowest BCUT2D eigenvalue weighted by molar-refractivity contribution is 1.07. The number of hydrogen-bond donors (Lipinski definition) is 0. The molecule has 298 valence electrons. The predicted octanol–water partition coefficient (Wildman–Crippen LogP) is 12.8. The Balaban J connectivity index is 0.931. The Morgan fingerprint density at radius 2 is 0.619 bits per heavy atom. The van der Waals surface area contributed by atoms with Gasteiger partial charge < -0.3 is 0 Å². The lowest BCUT2D eigenvalue weighted by Crippen LogP contribution is -2.50. The van der Waals surface area contributed by atoms with Crippen molar-refractivity contribution in [2.24, 2.45) is 0 Å². The van der Waals surface area contributed by atoms with E-state index in [0.29, 0.717) is 17.5 Å². The number of rotatable bonds is 8. The molecule has 0 fully saturated rings. The van der Waals surface area contributed by atoms with Gasteiger partial charge in [-0.2, -0.15) is 0 Å². The van der Waals surface area contributed by atoms with Crippen LogP contribution in [0, 0.1) is 0 Å². The van der Waals surface area contributed by atoms with Gasteiger partial charge in [0.05, 0.1) is 5.69 Å². The van der Waals surface area contributed by atoms with Crippen molar-refractivity contribution in [3.05, 3.63) is 212 Å². The van der Waals surface area contributed by atoms with E-state index in [0.717, 1.165) is 72.7 Å². The average molecular weight is 824 g/mol. The fourth-order valence-corrected chi connectivity index (χ4v) is 11.8. The predicted molar refractivity (Wildman–Crippen MR) is 261 cm³/mol. The van der Waals surface area contributed by atoms with Gasteiger partial charge >= 0.3 is 0 Å². The molecule has 0 saturated heterocycles. The van der Waals surface area contributed by atoms with Gasteiger partial charge in [0.25, 0.3) is 0 Å². The summed E-state index contributed by atoms with van der Waals surface area (Å²) in [5.41, 5.74) is 15.1. The zero-order chi connectivity index (χ0) is 42.3. The summed E-state index contributed by atoms with van der Waals surface area (Å²) in [5.74, 6) is 2.68. The highest BCUT2D eigenvalue weighted by atomic mass is 28.3. The van der Waals surface area contributed by atoms with Gasteiger partial charge in [-0.3, -0.25) is 0 Å². The standard InChI is InChI=1S/C57H41N5Si/c1-63(2)50-33-13-12-32-49(50)51-52(38-18-6-3-7-19-38)58-55(62-57(51)63)47-30-16-28-45(36-47)43-26-14-24-41(34-43)42-25-15-27-44(35-42)46-29-17-31-48(37-46)56-60-53(39-20-8-4-9-21-39)59-54(61-56)40-22-10-5-11-23-40/h3-37H,1-2H3. The maximum atomic E-state index is 5.42. The number of hydrogen-bond acceptors (Lipinski definition) is 5. The molecule has 6 heteroatoms. The second kappa shape index (κ2) is 15.8. The summed E-state index contributed by atoms with van der Waals surface area (Å²) >= 11 is 0. The van der Waals surface area contributed by atoms with E-state index in [2.05, 4.69) is 165 Å². The van der Waals surface area contributed by atoms with Gasteiger partial charge in [0.2, 0.25) is 0 Å². The molecule has 0 saturated carbocycles. The minimum absolute atomic E-state index is 0.633. The first-order chi connectivity index (χ1) is 31.0. The van der Waals surface area contributed by atoms with Crippen molar-refractivity contribution >= 4 is 18.6 Å².